The van der Waals surface area contributed by atoms with Gasteiger partial charge in [-0.05, 0) is 12.1 Å². The molecule has 0 atom stereocenters. The number of nitrogens with one attached hydrogen (secondary N) is 1. The average Bonchev–Trinajstić information content (AvgIpc) is 3.24. The SMILES string of the molecule is CC(C)(C)c1nc2c(C3=NCCN3)ccc(-c3ccccc3)n2n1. The summed E-state index contributed by atoms with van der Waals surface area (Å²) in [6.07, 6.45) is 0. The zero-order valence-electron chi connectivity index (χ0n) is 14.2. The maximum Gasteiger partial charge on any atom is 0.167 e. The average molecular weight is 319 g/mol. The highest BCUT2D eigenvalue weighted by Crippen LogP contribution is 2.26. The molecule has 1 N–H and O–H groups in total. The van der Waals surface area contributed by atoms with Crippen LogP contribution >= 0.6 is 0 Å². The normalized spacial score (nSPS) is 14.7. The fraction of sp³-hybridized carbons (Fsp3) is 0.316. The van der Waals surface area contributed by atoms with Gasteiger partial charge in [0.15, 0.2) is 11.5 Å². The Morgan fingerprint density at radius 1 is 1.04 bits per heavy atom. The molecule has 1 aliphatic rings. The third-order valence-electron chi connectivity index (χ3n) is 4.15. The van der Waals surface area contributed by atoms with E-state index < -0.39 is 0 Å². The molecule has 0 aliphatic carbocycles. The van der Waals surface area contributed by atoms with Crippen molar-refractivity contribution >= 4 is 11.5 Å². The summed E-state index contributed by atoms with van der Waals surface area (Å²) >= 11 is 0. The minimum absolute atomic E-state index is 0.109. The summed E-state index contributed by atoms with van der Waals surface area (Å²) in [5, 5.41) is 8.16. The molecule has 5 heteroatoms. The Hall–Kier alpha value is -2.69. The van der Waals surface area contributed by atoms with Crippen molar-refractivity contribution in [1.82, 2.24) is 19.9 Å². The molecule has 1 aliphatic heterocycles. The highest BCUT2D eigenvalue weighted by Gasteiger charge is 2.23. The van der Waals surface area contributed by atoms with Gasteiger partial charge in [0.1, 0.15) is 5.84 Å². The molecule has 0 spiro atoms. The number of hydrogen-bond acceptors (Lipinski definition) is 4. The van der Waals surface area contributed by atoms with Gasteiger partial charge in [-0.1, -0.05) is 51.1 Å². The molecule has 0 bridgehead atoms. The lowest BCUT2D eigenvalue weighted by Gasteiger charge is -2.12. The molecule has 2 aromatic heterocycles. The molecule has 24 heavy (non-hydrogen) atoms. The first-order valence-electron chi connectivity index (χ1n) is 8.28. The molecular formula is C19H21N5. The zero-order chi connectivity index (χ0) is 16.7. The lowest BCUT2D eigenvalue weighted by atomic mass is 9.96. The van der Waals surface area contributed by atoms with Gasteiger partial charge in [-0.3, -0.25) is 4.99 Å². The van der Waals surface area contributed by atoms with Crippen LogP contribution in [0.3, 0.4) is 0 Å². The second-order valence-electron chi connectivity index (χ2n) is 7.08. The number of rotatable bonds is 2. The van der Waals surface area contributed by atoms with Gasteiger partial charge >= 0.3 is 0 Å². The van der Waals surface area contributed by atoms with Crippen molar-refractivity contribution in [2.45, 2.75) is 26.2 Å². The van der Waals surface area contributed by atoms with E-state index in [4.69, 9.17) is 10.1 Å². The number of pyridine rings is 1. The molecule has 0 saturated carbocycles. The highest BCUT2D eigenvalue weighted by molar-refractivity contribution is 6.04. The molecule has 3 aromatic rings. The Bertz CT molecular complexity index is 916. The molecule has 0 radical (unpaired) electrons. The van der Waals surface area contributed by atoms with Gasteiger partial charge in [0.25, 0.3) is 0 Å². The van der Waals surface area contributed by atoms with E-state index in [1.165, 1.54) is 0 Å². The molecule has 122 valence electrons. The van der Waals surface area contributed by atoms with Gasteiger partial charge in [-0.15, -0.1) is 0 Å². The van der Waals surface area contributed by atoms with Crippen molar-refractivity contribution in [3.63, 3.8) is 0 Å². The van der Waals surface area contributed by atoms with Gasteiger partial charge in [0.2, 0.25) is 0 Å². The Morgan fingerprint density at radius 2 is 1.83 bits per heavy atom. The van der Waals surface area contributed by atoms with Crippen LogP contribution in [0, 0.1) is 0 Å². The Morgan fingerprint density at radius 3 is 2.50 bits per heavy atom. The Labute approximate surface area is 141 Å². The van der Waals surface area contributed by atoms with Crippen LogP contribution in [-0.2, 0) is 5.41 Å². The Balaban J connectivity index is 1.99. The zero-order valence-corrected chi connectivity index (χ0v) is 14.2. The number of hydrogen-bond donors (Lipinski definition) is 1. The lowest BCUT2D eigenvalue weighted by Crippen LogP contribution is -2.20. The molecular weight excluding hydrogens is 298 g/mol. The summed E-state index contributed by atoms with van der Waals surface area (Å²) in [6.45, 7) is 8.09. The van der Waals surface area contributed by atoms with Crippen LogP contribution in [0.5, 0.6) is 0 Å². The maximum absolute atomic E-state index is 4.85. The van der Waals surface area contributed by atoms with Crippen molar-refractivity contribution in [3.8, 4) is 11.3 Å². The van der Waals surface area contributed by atoms with Crippen LogP contribution in [0.4, 0.5) is 0 Å². The third-order valence-corrected chi connectivity index (χ3v) is 4.15. The van der Waals surface area contributed by atoms with E-state index in [0.29, 0.717) is 0 Å². The number of amidine groups is 1. The first-order chi connectivity index (χ1) is 11.5. The highest BCUT2D eigenvalue weighted by atomic mass is 15.3. The lowest BCUT2D eigenvalue weighted by molar-refractivity contribution is 0.545. The van der Waals surface area contributed by atoms with Gasteiger partial charge in [-0.2, -0.15) is 5.10 Å². The van der Waals surface area contributed by atoms with Crippen molar-refractivity contribution in [3.05, 3.63) is 53.9 Å². The van der Waals surface area contributed by atoms with E-state index in [2.05, 4.69) is 55.3 Å². The largest absolute Gasteiger partial charge is 0.368 e. The standard InChI is InChI=1S/C19H21N5/c1-19(2,3)18-22-17-14(16-20-11-12-21-16)9-10-15(24(17)23-18)13-7-5-4-6-8-13/h4-10H,11-12H2,1-3H3,(H,20,21). The van der Waals surface area contributed by atoms with Gasteiger partial charge in [-0.25, -0.2) is 9.50 Å². The minimum atomic E-state index is -0.109. The molecule has 3 heterocycles. The predicted molar refractivity (Wildman–Crippen MR) is 96.5 cm³/mol. The monoisotopic (exact) mass is 319 g/mol. The summed E-state index contributed by atoms with van der Waals surface area (Å²) in [7, 11) is 0. The number of fused-ring (bicyclic) bond motifs is 1. The summed E-state index contributed by atoms with van der Waals surface area (Å²) in [5.41, 5.74) is 3.92. The quantitative estimate of drug-likeness (QED) is 0.790. The van der Waals surface area contributed by atoms with E-state index in [9.17, 15) is 0 Å². The summed E-state index contributed by atoms with van der Waals surface area (Å²) < 4.78 is 1.95. The topological polar surface area (TPSA) is 54.6 Å². The molecule has 0 amide bonds. The summed E-state index contributed by atoms with van der Waals surface area (Å²) in [6, 6.07) is 14.5. The summed E-state index contributed by atoms with van der Waals surface area (Å²) in [5.74, 6) is 1.75. The molecule has 1 aromatic carbocycles. The second-order valence-corrected chi connectivity index (χ2v) is 7.08. The molecule has 0 saturated heterocycles. The maximum atomic E-state index is 4.85. The van der Waals surface area contributed by atoms with Crippen molar-refractivity contribution in [1.29, 1.82) is 0 Å². The fourth-order valence-electron chi connectivity index (χ4n) is 2.87. The van der Waals surface area contributed by atoms with Crippen LogP contribution in [0.2, 0.25) is 0 Å². The van der Waals surface area contributed by atoms with Crippen LogP contribution in [0.25, 0.3) is 16.9 Å². The second kappa shape index (κ2) is 5.44. The fourth-order valence-corrected chi connectivity index (χ4v) is 2.87. The molecule has 4 rings (SSSR count). The van der Waals surface area contributed by atoms with Crippen LogP contribution in [0.1, 0.15) is 32.2 Å². The van der Waals surface area contributed by atoms with Crippen LogP contribution < -0.4 is 5.32 Å². The van der Waals surface area contributed by atoms with E-state index >= 15 is 0 Å². The smallest absolute Gasteiger partial charge is 0.167 e. The van der Waals surface area contributed by atoms with E-state index in [1.807, 2.05) is 22.7 Å². The van der Waals surface area contributed by atoms with E-state index in [0.717, 1.165) is 47.2 Å². The number of aliphatic imine (C=N–C) groups is 1. The van der Waals surface area contributed by atoms with Crippen molar-refractivity contribution in [2.75, 3.05) is 13.1 Å². The molecule has 0 unspecified atom stereocenters. The van der Waals surface area contributed by atoms with E-state index in [1.54, 1.807) is 0 Å². The number of nitrogens with zero attached hydrogens (tertiary/aromatic N) is 4. The van der Waals surface area contributed by atoms with Gasteiger partial charge in [0, 0.05) is 17.5 Å². The minimum Gasteiger partial charge on any atom is -0.368 e. The van der Waals surface area contributed by atoms with Gasteiger partial charge < -0.3 is 5.32 Å². The van der Waals surface area contributed by atoms with Crippen LogP contribution in [-0.4, -0.2) is 33.5 Å². The summed E-state index contributed by atoms with van der Waals surface area (Å²) in [4.78, 5) is 9.40. The van der Waals surface area contributed by atoms with Gasteiger partial charge in [0.05, 0.1) is 17.8 Å². The first kappa shape index (κ1) is 14.9. The van der Waals surface area contributed by atoms with E-state index in [-0.39, 0.29) is 5.41 Å². The van der Waals surface area contributed by atoms with Crippen LogP contribution in [0.15, 0.2) is 47.5 Å². The van der Waals surface area contributed by atoms with Crippen molar-refractivity contribution in [2.24, 2.45) is 4.99 Å². The Kier molecular flexibility index (Phi) is 3.37. The molecule has 5 nitrogen and oxygen atoms in total. The number of benzene rings is 1. The first-order valence-corrected chi connectivity index (χ1v) is 8.28. The van der Waals surface area contributed by atoms with Crippen molar-refractivity contribution < 1.29 is 0 Å². The predicted octanol–water partition coefficient (Wildman–Crippen LogP) is 3.04. The third kappa shape index (κ3) is 2.46. The number of aromatic nitrogens is 3. The molecule has 0 fully saturated rings.